The molecule has 3 amide bonds. The molecule has 0 bridgehead atoms. The smallest absolute Gasteiger partial charge is 0.258 e. The zero-order valence-electron chi connectivity index (χ0n) is 23.4. The monoisotopic (exact) mass is 544 g/mol. The van der Waals surface area contributed by atoms with Gasteiger partial charge in [0.25, 0.3) is 11.8 Å². The fourth-order valence-electron chi connectivity index (χ4n) is 5.21. The van der Waals surface area contributed by atoms with E-state index in [0.717, 1.165) is 17.7 Å². The molecular formula is C32H37FN4O3. The number of piperazine rings is 1. The van der Waals surface area contributed by atoms with Gasteiger partial charge in [-0.25, -0.2) is 4.39 Å². The maximum absolute atomic E-state index is 14.2. The third-order valence-corrected chi connectivity index (χ3v) is 7.49. The van der Waals surface area contributed by atoms with Crippen LogP contribution in [-0.4, -0.2) is 66.8 Å². The van der Waals surface area contributed by atoms with Crippen molar-refractivity contribution in [2.45, 2.75) is 33.1 Å². The summed E-state index contributed by atoms with van der Waals surface area (Å²) in [5, 5.41) is 2.73. The van der Waals surface area contributed by atoms with E-state index in [0.29, 0.717) is 50.5 Å². The van der Waals surface area contributed by atoms with Crippen LogP contribution in [0.5, 0.6) is 0 Å². The normalized spacial score (nSPS) is 14.0. The van der Waals surface area contributed by atoms with Crippen molar-refractivity contribution in [3.8, 4) is 0 Å². The molecular weight excluding hydrogens is 507 g/mol. The predicted molar refractivity (Wildman–Crippen MR) is 156 cm³/mol. The number of halogens is 1. The summed E-state index contributed by atoms with van der Waals surface area (Å²) in [6.45, 7) is 9.22. The van der Waals surface area contributed by atoms with E-state index in [9.17, 15) is 18.8 Å². The van der Waals surface area contributed by atoms with Gasteiger partial charge in [0.15, 0.2) is 0 Å². The Morgan fingerprint density at radius 2 is 1.50 bits per heavy atom. The van der Waals surface area contributed by atoms with E-state index in [1.165, 1.54) is 18.2 Å². The van der Waals surface area contributed by atoms with Crippen LogP contribution in [0.3, 0.4) is 0 Å². The Labute approximate surface area is 235 Å². The topological polar surface area (TPSA) is 73.0 Å². The highest BCUT2D eigenvalue weighted by molar-refractivity contribution is 6.06. The van der Waals surface area contributed by atoms with Crippen molar-refractivity contribution in [3.05, 3.63) is 95.3 Å². The van der Waals surface area contributed by atoms with Gasteiger partial charge in [0, 0.05) is 50.6 Å². The highest BCUT2D eigenvalue weighted by Crippen LogP contribution is 2.29. The summed E-state index contributed by atoms with van der Waals surface area (Å²) in [6, 6.07) is 20.9. The number of carbonyl (C=O) groups is 3. The van der Waals surface area contributed by atoms with Gasteiger partial charge in [0.2, 0.25) is 5.91 Å². The first-order valence-electron chi connectivity index (χ1n) is 14.0. The summed E-state index contributed by atoms with van der Waals surface area (Å²) < 4.78 is 14.2. The van der Waals surface area contributed by atoms with Gasteiger partial charge in [-0.3, -0.25) is 14.4 Å². The Bertz CT molecular complexity index is 1330. The number of nitrogens with zero attached hydrogens (tertiary/aromatic N) is 3. The van der Waals surface area contributed by atoms with E-state index in [4.69, 9.17) is 0 Å². The summed E-state index contributed by atoms with van der Waals surface area (Å²) >= 11 is 0. The number of benzene rings is 3. The van der Waals surface area contributed by atoms with Gasteiger partial charge in [0.05, 0.1) is 17.0 Å². The average molecular weight is 545 g/mol. The van der Waals surface area contributed by atoms with Crippen LogP contribution in [0.15, 0.2) is 72.8 Å². The van der Waals surface area contributed by atoms with Crippen molar-refractivity contribution in [3.63, 3.8) is 0 Å². The standard InChI is InChI=1S/C32H37FN4O3/c1-4-25(23-12-8-7-9-13-23)31(39)37-20-18-36(19-21-37)29-17-16-24(22-27(29)32(40)35(5-2)6-3)34-30(38)26-14-10-11-15-28(26)33/h7-17,22,25H,4-6,18-21H2,1-3H3,(H,34,38)/t25-/m1/s1. The molecule has 0 spiro atoms. The molecule has 3 aromatic rings. The summed E-state index contributed by atoms with van der Waals surface area (Å²) in [4.78, 5) is 45.4. The first-order valence-corrected chi connectivity index (χ1v) is 14.0. The van der Waals surface area contributed by atoms with Crippen molar-refractivity contribution in [2.24, 2.45) is 0 Å². The Morgan fingerprint density at radius 1 is 0.850 bits per heavy atom. The number of carbonyl (C=O) groups excluding carboxylic acids is 3. The molecule has 8 heteroatoms. The lowest BCUT2D eigenvalue weighted by atomic mass is 9.94. The van der Waals surface area contributed by atoms with Gasteiger partial charge in [-0.15, -0.1) is 0 Å². The molecule has 1 saturated heterocycles. The minimum absolute atomic E-state index is 0.0649. The summed E-state index contributed by atoms with van der Waals surface area (Å²) in [5.74, 6) is -1.39. The van der Waals surface area contributed by atoms with Crippen LogP contribution in [0, 0.1) is 5.82 Å². The molecule has 0 unspecified atom stereocenters. The number of rotatable bonds is 9. The van der Waals surface area contributed by atoms with Crippen LogP contribution < -0.4 is 10.2 Å². The zero-order valence-corrected chi connectivity index (χ0v) is 23.4. The fourth-order valence-corrected chi connectivity index (χ4v) is 5.21. The van der Waals surface area contributed by atoms with Gasteiger partial charge in [-0.05, 0) is 56.2 Å². The second kappa shape index (κ2) is 13.2. The second-order valence-electron chi connectivity index (χ2n) is 9.83. The lowest BCUT2D eigenvalue weighted by Crippen LogP contribution is -2.50. The highest BCUT2D eigenvalue weighted by atomic mass is 19.1. The Kier molecular flexibility index (Phi) is 9.53. The van der Waals surface area contributed by atoms with E-state index < -0.39 is 11.7 Å². The van der Waals surface area contributed by atoms with Crippen molar-refractivity contribution in [1.29, 1.82) is 0 Å². The minimum Gasteiger partial charge on any atom is -0.367 e. The van der Waals surface area contributed by atoms with E-state index >= 15 is 0 Å². The fraction of sp³-hybridized carbons (Fsp3) is 0.344. The molecule has 4 rings (SSSR count). The summed E-state index contributed by atoms with van der Waals surface area (Å²) in [6.07, 6.45) is 0.728. The van der Waals surface area contributed by atoms with Crippen molar-refractivity contribution < 1.29 is 18.8 Å². The van der Waals surface area contributed by atoms with Crippen LogP contribution in [-0.2, 0) is 4.79 Å². The van der Waals surface area contributed by atoms with Crippen LogP contribution in [0.25, 0.3) is 0 Å². The third-order valence-electron chi connectivity index (χ3n) is 7.49. The largest absolute Gasteiger partial charge is 0.367 e. The second-order valence-corrected chi connectivity index (χ2v) is 9.83. The predicted octanol–water partition coefficient (Wildman–Crippen LogP) is 5.40. The maximum atomic E-state index is 14.2. The average Bonchev–Trinajstić information content (AvgIpc) is 2.99. The molecule has 1 heterocycles. The van der Waals surface area contributed by atoms with Gasteiger partial charge in [0.1, 0.15) is 5.82 Å². The van der Waals surface area contributed by atoms with Crippen LogP contribution in [0.1, 0.15) is 59.4 Å². The van der Waals surface area contributed by atoms with E-state index in [1.54, 1.807) is 23.1 Å². The molecule has 1 N–H and O–H groups in total. The van der Waals surface area contributed by atoms with Crippen molar-refractivity contribution >= 4 is 29.1 Å². The molecule has 1 aliphatic rings. The molecule has 3 aromatic carbocycles. The van der Waals surface area contributed by atoms with Crippen LogP contribution in [0.4, 0.5) is 15.8 Å². The molecule has 40 heavy (non-hydrogen) atoms. The summed E-state index contributed by atoms with van der Waals surface area (Å²) in [5.41, 5.74) is 2.59. The zero-order chi connectivity index (χ0) is 28.6. The third kappa shape index (κ3) is 6.33. The molecule has 0 saturated carbocycles. The van der Waals surface area contributed by atoms with Crippen molar-refractivity contribution in [1.82, 2.24) is 9.80 Å². The van der Waals surface area contributed by atoms with Crippen molar-refractivity contribution in [2.75, 3.05) is 49.5 Å². The minimum atomic E-state index is -0.610. The van der Waals surface area contributed by atoms with E-state index in [1.807, 2.05) is 62.1 Å². The Morgan fingerprint density at radius 3 is 2.12 bits per heavy atom. The molecule has 7 nitrogen and oxygen atoms in total. The quantitative estimate of drug-likeness (QED) is 0.391. The lowest BCUT2D eigenvalue weighted by Gasteiger charge is -2.38. The first kappa shape index (κ1) is 28.8. The summed E-state index contributed by atoms with van der Waals surface area (Å²) in [7, 11) is 0. The van der Waals surface area contributed by atoms with Gasteiger partial charge in [-0.1, -0.05) is 49.4 Å². The van der Waals surface area contributed by atoms with Crippen LogP contribution in [0.2, 0.25) is 0 Å². The Hall–Kier alpha value is -4.20. The molecule has 1 atom stereocenters. The number of hydrogen-bond donors (Lipinski definition) is 1. The maximum Gasteiger partial charge on any atom is 0.258 e. The van der Waals surface area contributed by atoms with Gasteiger partial charge in [-0.2, -0.15) is 0 Å². The molecule has 1 fully saturated rings. The molecule has 0 radical (unpaired) electrons. The SMILES string of the molecule is CC[C@@H](C(=O)N1CCN(c2ccc(NC(=O)c3ccccc3F)cc2C(=O)N(CC)CC)CC1)c1ccccc1. The van der Waals surface area contributed by atoms with E-state index in [-0.39, 0.29) is 23.3 Å². The number of anilines is 2. The van der Waals surface area contributed by atoms with E-state index in [2.05, 4.69) is 10.2 Å². The molecule has 1 aliphatic heterocycles. The number of hydrogen-bond acceptors (Lipinski definition) is 4. The number of nitrogens with one attached hydrogen (secondary N) is 1. The molecule has 210 valence electrons. The lowest BCUT2D eigenvalue weighted by molar-refractivity contribution is -0.133. The first-order chi connectivity index (χ1) is 19.4. The molecule has 0 aliphatic carbocycles. The van der Waals surface area contributed by atoms with Gasteiger partial charge < -0.3 is 20.0 Å². The highest BCUT2D eigenvalue weighted by Gasteiger charge is 2.29. The van der Waals surface area contributed by atoms with Crippen LogP contribution >= 0.6 is 0 Å². The molecule has 0 aromatic heterocycles. The number of amides is 3. The van der Waals surface area contributed by atoms with Gasteiger partial charge >= 0.3 is 0 Å². The Balaban J connectivity index is 1.54.